The maximum atomic E-state index is 12.3. The summed E-state index contributed by atoms with van der Waals surface area (Å²) in [5.41, 5.74) is 2.29. The number of pyridine rings is 1. The number of carbonyl (C=O) groups excluding carboxylic acids is 1. The summed E-state index contributed by atoms with van der Waals surface area (Å²) in [4.78, 5) is 16.6. The van der Waals surface area contributed by atoms with Gasteiger partial charge in [-0.1, -0.05) is 0 Å². The molecule has 1 aliphatic rings. The van der Waals surface area contributed by atoms with Gasteiger partial charge in [0.15, 0.2) is 5.65 Å². The van der Waals surface area contributed by atoms with E-state index in [0.29, 0.717) is 5.56 Å². The Bertz CT molecular complexity index is 642. The molecular formula is C14H19N5O. The molecular weight excluding hydrogens is 254 g/mol. The van der Waals surface area contributed by atoms with Crippen molar-refractivity contribution in [2.75, 3.05) is 13.1 Å². The van der Waals surface area contributed by atoms with Crippen LogP contribution in [0.15, 0.2) is 12.3 Å². The van der Waals surface area contributed by atoms with E-state index >= 15 is 0 Å². The lowest BCUT2D eigenvalue weighted by Crippen LogP contribution is -2.45. The quantitative estimate of drug-likeness (QED) is 0.847. The Morgan fingerprint density at radius 2 is 2.40 bits per heavy atom. The van der Waals surface area contributed by atoms with Gasteiger partial charge in [0.05, 0.1) is 11.3 Å². The third kappa shape index (κ3) is 2.38. The van der Waals surface area contributed by atoms with Crippen LogP contribution in [-0.2, 0) is 7.05 Å². The molecule has 6 nitrogen and oxygen atoms in total. The summed E-state index contributed by atoms with van der Waals surface area (Å²) < 4.78 is 1.73. The maximum absolute atomic E-state index is 12.3. The molecule has 2 aromatic rings. The molecule has 1 saturated heterocycles. The molecule has 3 heterocycles. The largest absolute Gasteiger partial charge is 0.348 e. The second-order valence-corrected chi connectivity index (χ2v) is 5.32. The lowest BCUT2D eigenvalue weighted by Gasteiger charge is -2.23. The first-order valence-electron chi connectivity index (χ1n) is 6.96. The van der Waals surface area contributed by atoms with Crippen LogP contribution in [-0.4, -0.2) is 39.8 Å². The SMILES string of the molecule is Cc1nn(C)c2ncc(C(=O)N[C@H]3CCCNC3)cc12. The number of fused-ring (bicyclic) bond motifs is 1. The van der Waals surface area contributed by atoms with Crippen LogP contribution in [0.1, 0.15) is 28.9 Å². The molecule has 2 N–H and O–H groups in total. The van der Waals surface area contributed by atoms with Crippen molar-refractivity contribution < 1.29 is 4.79 Å². The zero-order valence-electron chi connectivity index (χ0n) is 11.8. The first kappa shape index (κ1) is 13.1. The summed E-state index contributed by atoms with van der Waals surface area (Å²) in [7, 11) is 1.86. The summed E-state index contributed by atoms with van der Waals surface area (Å²) >= 11 is 0. The van der Waals surface area contributed by atoms with Gasteiger partial charge < -0.3 is 10.6 Å². The van der Waals surface area contributed by atoms with Crippen molar-refractivity contribution in [2.45, 2.75) is 25.8 Å². The highest BCUT2D eigenvalue weighted by atomic mass is 16.1. The van der Waals surface area contributed by atoms with Crippen LogP contribution in [0.4, 0.5) is 0 Å². The molecule has 0 unspecified atom stereocenters. The average Bonchev–Trinajstić information content (AvgIpc) is 2.75. The normalized spacial score (nSPS) is 19.2. The number of nitrogens with one attached hydrogen (secondary N) is 2. The van der Waals surface area contributed by atoms with Crippen LogP contribution < -0.4 is 10.6 Å². The molecule has 6 heteroatoms. The molecule has 1 amide bonds. The van der Waals surface area contributed by atoms with E-state index in [2.05, 4.69) is 20.7 Å². The van der Waals surface area contributed by atoms with Gasteiger partial charge in [-0.25, -0.2) is 4.98 Å². The van der Waals surface area contributed by atoms with E-state index in [-0.39, 0.29) is 11.9 Å². The Kier molecular flexibility index (Phi) is 3.40. The number of hydrogen-bond acceptors (Lipinski definition) is 4. The summed E-state index contributed by atoms with van der Waals surface area (Å²) in [6, 6.07) is 2.08. The molecule has 1 aliphatic heterocycles. The Balaban J connectivity index is 1.82. The monoisotopic (exact) mass is 273 g/mol. The van der Waals surface area contributed by atoms with Crippen LogP contribution in [0.5, 0.6) is 0 Å². The zero-order chi connectivity index (χ0) is 14.1. The number of nitrogens with zero attached hydrogens (tertiary/aromatic N) is 3. The molecule has 1 atom stereocenters. The van der Waals surface area contributed by atoms with Crippen LogP contribution in [0.3, 0.4) is 0 Å². The number of aryl methyl sites for hydroxylation is 2. The number of carbonyl (C=O) groups is 1. The molecule has 0 spiro atoms. The number of amides is 1. The summed E-state index contributed by atoms with van der Waals surface area (Å²) in [5, 5.41) is 11.6. The van der Waals surface area contributed by atoms with Gasteiger partial charge in [0, 0.05) is 31.2 Å². The Labute approximate surface area is 117 Å². The highest BCUT2D eigenvalue weighted by Gasteiger charge is 2.17. The van der Waals surface area contributed by atoms with Crippen molar-refractivity contribution in [3.63, 3.8) is 0 Å². The van der Waals surface area contributed by atoms with E-state index in [4.69, 9.17) is 0 Å². The van der Waals surface area contributed by atoms with Crippen molar-refractivity contribution in [2.24, 2.45) is 7.05 Å². The predicted molar refractivity (Wildman–Crippen MR) is 76.6 cm³/mol. The van der Waals surface area contributed by atoms with E-state index in [1.807, 2.05) is 20.0 Å². The zero-order valence-corrected chi connectivity index (χ0v) is 11.8. The molecule has 2 aromatic heterocycles. The first-order chi connectivity index (χ1) is 9.65. The minimum absolute atomic E-state index is 0.0589. The minimum Gasteiger partial charge on any atom is -0.348 e. The average molecular weight is 273 g/mol. The lowest BCUT2D eigenvalue weighted by molar-refractivity contribution is 0.0930. The molecule has 1 fully saturated rings. The van der Waals surface area contributed by atoms with Crippen molar-refractivity contribution in [1.82, 2.24) is 25.4 Å². The number of rotatable bonds is 2. The van der Waals surface area contributed by atoms with Crippen LogP contribution in [0.2, 0.25) is 0 Å². The van der Waals surface area contributed by atoms with Crippen LogP contribution >= 0.6 is 0 Å². The maximum Gasteiger partial charge on any atom is 0.253 e. The van der Waals surface area contributed by atoms with Crippen molar-refractivity contribution >= 4 is 16.9 Å². The van der Waals surface area contributed by atoms with Crippen molar-refractivity contribution in [3.8, 4) is 0 Å². The summed E-state index contributed by atoms with van der Waals surface area (Å²) in [6.07, 6.45) is 3.75. The number of aromatic nitrogens is 3. The van der Waals surface area contributed by atoms with Gasteiger partial charge in [-0.3, -0.25) is 9.48 Å². The van der Waals surface area contributed by atoms with E-state index in [1.165, 1.54) is 0 Å². The molecule has 0 aromatic carbocycles. The van der Waals surface area contributed by atoms with E-state index in [9.17, 15) is 4.79 Å². The molecule has 0 bridgehead atoms. The molecule has 0 aliphatic carbocycles. The van der Waals surface area contributed by atoms with E-state index < -0.39 is 0 Å². The molecule has 0 radical (unpaired) electrons. The van der Waals surface area contributed by atoms with Crippen LogP contribution in [0.25, 0.3) is 11.0 Å². The van der Waals surface area contributed by atoms with E-state index in [1.54, 1.807) is 10.9 Å². The van der Waals surface area contributed by atoms with Crippen LogP contribution in [0, 0.1) is 6.92 Å². The molecule has 106 valence electrons. The molecule has 0 saturated carbocycles. The van der Waals surface area contributed by atoms with Gasteiger partial charge in [-0.05, 0) is 32.4 Å². The highest BCUT2D eigenvalue weighted by molar-refractivity contribution is 5.97. The Hall–Kier alpha value is -1.95. The topological polar surface area (TPSA) is 71.8 Å². The lowest BCUT2D eigenvalue weighted by atomic mass is 10.1. The fraction of sp³-hybridized carbons (Fsp3) is 0.500. The van der Waals surface area contributed by atoms with Gasteiger partial charge in [-0.2, -0.15) is 5.10 Å². The summed E-state index contributed by atoms with van der Waals surface area (Å²) in [5.74, 6) is -0.0589. The fourth-order valence-electron chi connectivity index (χ4n) is 2.68. The second-order valence-electron chi connectivity index (χ2n) is 5.32. The number of piperidine rings is 1. The third-order valence-corrected chi connectivity index (χ3v) is 3.76. The van der Waals surface area contributed by atoms with Gasteiger partial charge >= 0.3 is 0 Å². The van der Waals surface area contributed by atoms with Gasteiger partial charge in [-0.15, -0.1) is 0 Å². The minimum atomic E-state index is -0.0589. The predicted octanol–water partition coefficient (Wildman–Crippen LogP) is 0.759. The second kappa shape index (κ2) is 5.20. The van der Waals surface area contributed by atoms with Gasteiger partial charge in [0.2, 0.25) is 0 Å². The van der Waals surface area contributed by atoms with Crippen molar-refractivity contribution in [3.05, 3.63) is 23.5 Å². The number of hydrogen-bond donors (Lipinski definition) is 2. The summed E-state index contributed by atoms with van der Waals surface area (Å²) in [6.45, 7) is 3.80. The third-order valence-electron chi connectivity index (χ3n) is 3.76. The Morgan fingerprint density at radius 3 is 3.15 bits per heavy atom. The fourth-order valence-corrected chi connectivity index (χ4v) is 2.68. The standard InChI is InChI=1S/C14H19N5O/c1-9-12-6-10(7-16-13(12)19(2)18-9)14(20)17-11-4-3-5-15-8-11/h6-7,11,15H,3-5,8H2,1-2H3,(H,17,20)/t11-/m0/s1. The van der Waals surface area contributed by atoms with Crippen molar-refractivity contribution in [1.29, 1.82) is 0 Å². The highest BCUT2D eigenvalue weighted by Crippen LogP contribution is 2.16. The van der Waals surface area contributed by atoms with Gasteiger partial charge in [0.25, 0.3) is 5.91 Å². The molecule has 20 heavy (non-hydrogen) atoms. The molecule has 3 rings (SSSR count). The Morgan fingerprint density at radius 1 is 1.55 bits per heavy atom. The van der Waals surface area contributed by atoms with E-state index in [0.717, 1.165) is 42.7 Å². The smallest absolute Gasteiger partial charge is 0.253 e. The first-order valence-corrected chi connectivity index (χ1v) is 6.96. The van der Waals surface area contributed by atoms with Gasteiger partial charge in [0.1, 0.15) is 0 Å².